The van der Waals surface area contributed by atoms with Gasteiger partial charge >= 0.3 is 0 Å². The fourth-order valence-corrected chi connectivity index (χ4v) is 2.47. The molecule has 0 bridgehead atoms. The van der Waals surface area contributed by atoms with Crippen LogP contribution in [0.1, 0.15) is 16.7 Å². The summed E-state index contributed by atoms with van der Waals surface area (Å²) in [4.78, 5) is 4.48. The number of pyridine rings is 1. The second-order valence-electron chi connectivity index (χ2n) is 5.08. The number of aryl methyl sites for hydroxylation is 1. The third-order valence-electron chi connectivity index (χ3n) is 3.44. The maximum Gasteiger partial charge on any atom is 0.0746 e. The van der Waals surface area contributed by atoms with Crippen molar-refractivity contribution in [3.63, 3.8) is 0 Å². The highest BCUT2D eigenvalue weighted by molar-refractivity contribution is 5.81. The van der Waals surface area contributed by atoms with Gasteiger partial charge in [0.15, 0.2) is 0 Å². The van der Waals surface area contributed by atoms with Crippen LogP contribution >= 0.6 is 0 Å². The van der Waals surface area contributed by atoms with Crippen LogP contribution in [0.15, 0.2) is 60.8 Å². The van der Waals surface area contributed by atoms with E-state index in [-0.39, 0.29) is 0 Å². The first-order valence-corrected chi connectivity index (χ1v) is 6.92. The van der Waals surface area contributed by atoms with Gasteiger partial charge in [0, 0.05) is 24.7 Å². The Kier molecular flexibility index (Phi) is 3.75. The van der Waals surface area contributed by atoms with Gasteiger partial charge in [0.05, 0.1) is 5.52 Å². The minimum absolute atomic E-state index is 0.836. The lowest BCUT2D eigenvalue weighted by atomic mass is 10.1. The molecule has 2 nitrogen and oxygen atoms in total. The zero-order valence-electron chi connectivity index (χ0n) is 11.6. The zero-order valence-corrected chi connectivity index (χ0v) is 11.6. The largest absolute Gasteiger partial charge is 0.309 e. The highest BCUT2D eigenvalue weighted by Gasteiger charge is 2.01. The first-order chi connectivity index (χ1) is 9.83. The molecule has 3 rings (SSSR count). The molecule has 0 amide bonds. The Morgan fingerprint density at radius 2 is 1.80 bits per heavy atom. The number of hydrogen-bond donors (Lipinski definition) is 1. The molecular formula is C18H18N2. The summed E-state index contributed by atoms with van der Waals surface area (Å²) in [6.07, 6.45) is 1.85. The first kappa shape index (κ1) is 12.8. The van der Waals surface area contributed by atoms with Gasteiger partial charge in [-0.2, -0.15) is 0 Å². The Labute approximate surface area is 119 Å². The van der Waals surface area contributed by atoms with Gasteiger partial charge in [-0.25, -0.2) is 0 Å². The molecule has 0 fully saturated rings. The van der Waals surface area contributed by atoms with Crippen LogP contribution in [0.3, 0.4) is 0 Å². The summed E-state index contributed by atoms with van der Waals surface area (Å²) in [7, 11) is 0. The average Bonchev–Trinajstić information content (AvgIpc) is 2.48. The standard InChI is InChI=1S/C18H18N2/c1-14-5-2-6-15(11-14)12-19-13-17-8-3-7-16-9-4-10-20-18(16)17/h2-11,19H,12-13H2,1H3. The Hall–Kier alpha value is -2.19. The third-order valence-corrected chi connectivity index (χ3v) is 3.44. The van der Waals surface area contributed by atoms with Gasteiger partial charge < -0.3 is 5.32 Å². The number of fused-ring (bicyclic) bond motifs is 1. The molecule has 1 N–H and O–H groups in total. The van der Waals surface area contributed by atoms with Gasteiger partial charge in [-0.3, -0.25) is 4.98 Å². The second kappa shape index (κ2) is 5.85. The minimum Gasteiger partial charge on any atom is -0.309 e. The normalized spacial score (nSPS) is 10.8. The van der Waals surface area contributed by atoms with Crippen molar-refractivity contribution in [1.82, 2.24) is 10.3 Å². The molecular weight excluding hydrogens is 244 g/mol. The van der Waals surface area contributed by atoms with E-state index in [2.05, 4.69) is 65.8 Å². The van der Waals surface area contributed by atoms with E-state index < -0.39 is 0 Å². The lowest BCUT2D eigenvalue weighted by molar-refractivity contribution is 0.695. The summed E-state index contributed by atoms with van der Waals surface area (Å²) in [6, 6.07) is 19.0. The van der Waals surface area contributed by atoms with E-state index in [0.717, 1.165) is 18.6 Å². The number of para-hydroxylation sites is 1. The van der Waals surface area contributed by atoms with Crippen LogP contribution in [0, 0.1) is 6.92 Å². The lowest BCUT2D eigenvalue weighted by Crippen LogP contribution is -2.13. The number of benzene rings is 2. The van der Waals surface area contributed by atoms with Crippen LogP contribution in [0.5, 0.6) is 0 Å². The minimum atomic E-state index is 0.836. The topological polar surface area (TPSA) is 24.9 Å². The summed E-state index contributed by atoms with van der Waals surface area (Å²) < 4.78 is 0. The van der Waals surface area contributed by atoms with Crippen molar-refractivity contribution >= 4 is 10.9 Å². The summed E-state index contributed by atoms with van der Waals surface area (Å²) in [6.45, 7) is 3.84. The molecule has 0 radical (unpaired) electrons. The SMILES string of the molecule is Cc1cccc(CNCc2cccc3cccnc23)c1. The predicted octanol–water partition coefficient (Wildman–Crippen LogP) is 3.83. The van der Waals surface area contributed by atoms with Crippen LogP contribution < -0.4 is 5.32 Å². The molecule has 2 heteroatoms. The van der Waals surface area contributed by atoms with Gasteiger partial charge in [-0.15, -0.1) is 0 Å². The molecule has 100 valence electrons. The molecule has 1 heterocycles. The van der Waals surface area contributed by atoms with Crippen LogP contribution in [0.4, 0.5) is 0 Å². The van der Waals surface area contributed by atoms with E-state index in [1.165, 1.54) is 22.1 Å². The molecule has 0 unspecified atom stereocenters. The number of hydrogen-bond acceptors (Lipinski definition) is 2. The van der Waals surface area contributed by atoms with Crippen molar-refractivity contribution in [1.29, 1.82) is 0 Å². The molecule has 1 aromatic heterocycles. The molecule has 2 aromatic carbocycles. The molecule has 0 atom stereocenters. The molecule has 0 spiro atoms. The number of rotatable bonds is 4. The van der Waals surface area contributed by atoms with E-state index in [1.54, 1.807) is 0 Å². The molecule has 0 aliphatic rings. The maximum atomic E-state index is 4.48. The summed E-state index contributed by atoms with van der Waals surface area (Å²) >= 11 is 0. The molecule has 0 aliphatic heterocycles. The van der Waals surface area contributed by atoms with E-state index in [9.17, 15) is 0 Å². The molecule has 20 heavy (non-hydrogen) atoms. The average molecular weight is 262 g/mol. The Morgan fingerprint density at radius 1 is 0.950 bits per heavy atom. The van der Waals surface area contributed by atoms with Crippen LogP contribution in [0.2, 0.25) is 0 Å². The number of nitrogens with one attached hydrogen (secondary N) is 1. The van der Waals surface area contributed by atoms with E-state index in [1.807, 2.05) is 12.3 Å². The summed E-state index contributed by atoms with van der Waals surface area (Å²) in [5.74, 6) is 0. The maximum absolute atomic E-state index is 4.48. The van der Waals surface area contributed by atoms with Crippen LogP contribution in [-0.4, -0.2) is 4.98 Å². The Bertz CT molecular complexity index is 714. The monoisotopic (exact) mass is 262 g/mol. The van der Waals surface area contributed by atoms with E-state index in [4.69, 9.17) is 0 Å². The number of nitrogens with zero attached hydrogens (tertiary/aromatic N) is 1. The fourth-order valence-electron chi connectivity index (χ4n) is 2.47. The van der Waals surface area contributed by atoms with Crippen molar-refractivity contribution in [2.45, 2.75) is 20.0 Å². The highest BCUT2D eigenvalue weighted by Crippen LogP contribution is 2.15. The molecule has 0 saturated heterocycles. The zero-order chi connectivity index (χ0) is 13.8. The second-order valence-corrected chi connectivity index (χ2v) is 5.08. The summed E-state index contributed by atoms with van der Waals surface area (Å²) in [5.41, 5.74) is 4.96. The van der Waals surface area contributed by atoms with Crippen LogP contribution in [0.25, 0.3) is 10.9 Å². The Balaban J connectivity index is 1.71. The predicted molar refractivity (Wildman–Crippen MR) is 83.5 cm³/mol. The quantitative estimate of drug-likeness (QED) is 0.773. The van der Waals surface area contributed by atoms with Gasteiger partial charge in [-0.1, -0.05) is 54.1 Å². The highest BCUT2D eigenvalue weighted by atomic mass is 14.9. The van der Waals surface area contributed by atoms with Crippen molar-refractivity contribution in [3.8, 4) is 0 Å². The van der Waals surface area contributed by atoms with Crippen molar-refractivity contribution in [2.75, 3.05) is 0 Å². The Morgan fingerprint density at radius 3 is 2.70 bits per heavy atom. The fraction of sp³-hybridized carbons (Fsp3) is 0.167. The van der Waals surface area contributed by atoms with Gasteiger partial charge in [-0.05, 0) is 24.1 Å². The van der Waals surface area contributed by atoms with E-state index >= 15 is 0 Å². The van der Waals surface area contributed by atoms with Gasteiger partial charge in [0.2, 0.25) is 0 Å². The smallest absolute Gasteiger partial charge is 0.0746 e. The molecule has 0 saturated carbocycles. The number of aromatic nitrogens is 1. The van der Waals surface area contributed by atoms with Crippen molar-refractivity contribution in [3.05, 3.63) is 77.5 Å². The van der Waals surface area contributed by atoms with Gasteiger partial charge in [0.25, 0.3) is 0 Å². The summed E-state index contributed by atoms with van der Waals surface area (Å²) in [5, 5.41) is 4.69. The van der Waals surface area contributed by atoms with Crippen LogP contribution in [-0.2, 0) is 13.1 Å². The lowest BCUT2D eigenvalue weighted by Gasteiger charge is -2.08. The third kappa shape index (κ3) is 2.86. The molecule has 0 aliphatic carbocycles. The van der Waals surface area contributed by atoms with Gasteiger partial charge in [0.1, 0.15) is 0 Å². The van der Waals surface area contributed by atoms with E-state index in [0.29, 0.717) is 0 Å². The molecule has 3 aromatic rings. The van der Waals surface area contributed by atoms with Crippen molar-refractivity contribution in [2.24, 2.45) is 0 Å². The first-order valence-electron chi connectivity index (χ1n) is 6.92. The van der Waals surface area contributed by atoms with Crippen molar-refractivity contribution < 1.29 is 0 Å².